The van der Waals surface area contributed by atoms with Crippen LogP contribution in [0, 0.1) is 18.8 Å². The maximum atomic E-state index is 6.37. The third-order valence-electron chi connectivity index (χ3n) is 4.23. The summed E-state index contributed by atoms with van der Waals surface area (Å²) in [6.45, 7) is 8.56. The Morgan fingerprint density at radius 3 is 2.50 bits per heavy atom. The van der Waals surface area contributed by atoms with Crippen molar-refractivity contribution >= 4 is 0 Å². The maximum Gasteiger partial charge on any atom is 0.0597 e. The van der Waals surface area contributed by atoms with E-state index in [4.69, 9.17) is 10.5 Å². The molecule has 5 unspecified atom stereocenters. The molecule has 0 bridgehead atoms. The molecule has 0 aromatic carbocycles. The molecule has 0 saturated carbocycles. The minimum atomic E-state index is 0.121. The molecule has 5 atom stereocenters. The summed E-state index contributed by atoms with van der Waals surface area (Å²) in [5, 5.41) is 0. The summed E-state index contributed by atoms with van der Waals surface area (Å²) in [6.07, 6.45) is 3.29. The average molecular weight is 248 g/mol. The molecule has 100 valence electrons. The van der Waals surface area contributed by atoms with E-state index in [-0.39, 0.29) is 12.1 Å². The van der Waals surface area contributed by atoms with Gasteiger partial charge in [0.1, 0.15) is 0 Å². The van der Waals surface area contributed by atoms with Crippen molar-refractivity contribution in [3.63, 3.8) is 0 Å². The van der Waals surface area contributed by atoms with Crippen molar-refractivity contribution in [1.29, 1.82) is 0 Å². The van der Waals surface area contributed by atoms with E-state index in [0.29, 0.717) is 17.9 Å². The molecule has 1 aromatic rings. The smallest absolute Gasteiger partial charge is 0.0597 e. The predicted molar refractivity (Wildman–Crippen MR) is 73.3 cm³/mol. The Balaban J connectivity index is 2.03. The normalized spacial score (nSPS) is 33.6. The van der Waals surface area contributed by atoms with Gasteiger partial charge in [-0.2, -0.15) is 0 Å². The lowest BCUT2D eigenvalue weighted by molar-refractivity contribution is 0.0490. The Kier molecular flexibility index (Phi) is 4.03. The van der Waals surface area contributed by atoms with Crippen LogP contribution in [0.2, 0.25) is 0 Å². The third-order valence-corrected chi connectivity index (χ3v) is 4.23. The highest BCUT2D eigenvalue weighted by molar-refractivity contribution is 5.13. The lowest BCUT2D eigenvalue weighted by atomic mass is 9.82. The first-order valence-electron chi connectivity index (χ1n) is 6.81. The number of nitrogens with two attached hydrogens (primary N) is 1. The van der Waals surface area contributed by atoms with Crippen LogP contribution in [0.3, 0.4) is 0 Å². The quantitative estimate of drug-likeness (QED) is 0.893. The highest BCUT2D eigenvalue weighted by atomic mass is 16.5. The fourth-order valence-electron chi connectivity index (χ4n) is 3.03. The summed E-state index contributed by atoms with van der Waals surface area (Å²) in [5.74, 6) is 0.934. The van der Waals surface area contributed by atoms with E-state index in [0.717, 1.165) is 12.1 Å². The molecular weight excluding hydrogens is 224 g/mol. The van der Waals surface area contributed by atoms with Crippen LogP contribution in [0.1, 0.15) is 32.0 Å². The Morgan fingerprint density at radius 1 is 1.28 bits per heavy atom. The highest BCUT2D eigenvalue weighted by Gasteiger charge is 2.40. The predicted octanol–water partition coefficient (Wildman–Crippen LogP) is 2.32. The van der Waals surface area contributed by atoms with Crippen molar-refractivity contribution in [2.45, 2.75) is 52.4 Å². The fourth-order valence-corrected chi connectivity index (χ4v) is 3.03. The summed E-state index contributed by atoms with van der Waals surface area (Å²) in [7, 11) is 0. The first-order chi connectivity index (χ1) is 8.49. The number of rotatable bonds is 3. The number of ether oxygens (including phenoxy) is 1. The molecule has 3 heteroatoms. The van der Waals surface area contributed by atoms with Crippen molar-refractivity contribution < 1.29 is 4.74 Å². The van der Waals surface area contributed by atoms with Gasteiger partial charge in [0.05, 0.1) is 12.2 Å². The van der Waals surface area contributed by atoms with Crippen LogP contribution in [0.25, 0.3) is 0 Å². The van der Waals surface area contributed by atoms with Crippen LogP contribution in [0.15, 0.2) is 18.3 Å². The van der Waals surface area contributed by atoms with E-state index >= 15 is 0 Å². The molecule has 1 saturated heterocycles. The molecule has 1 fully saturated rings. The number of pyridine rings is 1. The fraction of sp³-hybridized carbons (Fsp3) is 0.667. The van der Waals surface area contributed by atoms with Gasteiger partial charge in [0.15, 0.2) is 0 Å². The Morgan fingerprint density at radius 2 is 2.00 bits per heavy atom. The summed E-state index contributed by atoms with van der Waals surface area (Å²) < 4.78 is 5.86. The van der Waals surface area contributed by atoms with Crippen molar-refractivity contribution in [3.8, 4) is 0 Å². The van der Waals surface area contributed by atoms with Gasteiger partial charge in [0, 0.05) is 30.3 Å². The molecule has 18 heavy (non-hydrogen) atoms. The zero-order chi connectivity index (χ0) is 13.3. The summed E-state index contributed by atoms with van der Waals surface area (Å²) in [4.78, 5) is 4.44. The van der Waals surface area contributed by atoms with Crippen LogP contribution in [0.5, 0.6) is 0 Å². The van der Waals surface area contributed by atoms with Gasteiger partial charge >= 0.3 is 0 Å². The monoisotopic (exact) mass is 248 g/mol. The summed E-state index contributed by atoms with van der Waals surface area (Å²) >= 11 is 0. The minimum Gasteiger partial charge on any atom is -0.375 e. The van der Waals surface area contributed by atoms with Crippen LogP contribution in [0.4, 0.5) is 0 Å². The SMILES string of the molecule is Cc1ccc(CC(N)C2C(C)OC(C)C2C)nc1. The lowest BCUT2D eigenvalue weighted by Gasteiger charge is -2.25. The molecule has 1 aliphatic heterocycles. The molecule has 2 N–H and O–H groups in total. The third kappa shape index (κ3) is 2.73. The van der Waals surface area contributed by atoms with Gasteiger partial charge in [-0.1, -0.05) is 13.0 Å². The molecule has 1 aromatic heterocycles. The molecule has 0 amide bonds. The second-order valence-electron chi connectivity index (χ2n) is 5.68. The first-order valence-corrected chi connectivity index (χ1v) is 6.81. The van der Waals surface area contributed by atoms with Crippen molar-refractivity contribution in [1.82, 2.24) is 4.98 Å². The Labute approximate surface area is 110 Å². The zero-order valence-electron chi connectivity index (χ0n) is 11.8. The van der Waals surface area contributed by atoms with Crippen LogP contribution in [-0.2, 0) is 11.2 Å². The van der Waals surface area contributed by atoms with Gasteiger partial charge in [-0.15, -0.1) is 0 Å². The van der Waals surface area contributed by atoms with E-state index in [9.17, 15) is 0 Å². The largest absolute Gasteiger partial charge is 0.375 e. The van der Waals surface area contributed by atoms with E-state index < -0.39 is 0 Å². The van der Waals surface area contributed by atoms with Crippen LogP contribution in [-0.4, -0.2) is 23.2 Å². The molecule has 0 spiro atoms. The summed E-state index contributed by atoms with van der Waals surface area (Å²) in [6, 6.07) is 4.29. The number of aryl methyl sites for hydroxylation is 1. The molecule has 2 rings (SSSR count). The van der Waals surface area contributed by atoms with Gasteiger partial charge < -0.3 is 10.5 Å². The number of hydrogen-bond acceptors (Lipinski definition) is 3. The van der Waals surface area contributed by atoms with Crippen LogP contribution >= 0.6 is 0 Å². The molecule has 0 radical (unpaired) electrons. The van der Waals surface area contributed by atoms with Crippen molar-refractivity contribution in [2.75, 3.05) is 0 Å². The molecule has 2 heterocycles. The maximum absolute atomic E-state index is 6.37. The van der Waals surface area contributed by atoms with Gasteiger partial charge in [0.25, 0.3) is 0 Å². The van der Waals surface area contributed by atoms with Gasteiger partial charge in [-0.25, -0.2) is 0 Å². The lowest BCUT2D eigenvalue weighted by Crippen LogP contribution is -2.39. The Hall–Kier alpha value is -0.930. The summed E-state index contributed by atoms with van der Waals surface area (Å²) in [5.41, 5.74) is 8.64. The van der Waals surface area contributed by atoms with E-state index in [2.05, 4.69) is 37.9 Å². The number of aromatic nitrogens is 1. The minimum absolute atomic E-state index is 0.121. The Bertz CT molecular complexity index is 390. The topological polar surface area (TPSA) is 48.1 Å². The van der Waals surface area contributed by atoms with Gasteiger partial charge in [-0.05, 0) is 38.3 Å². The average Bonchev–Trinajstić information content (AvgIpc) is 2.56. The van der Waals surface area contributed by atoms with Crippen molar-refractivity contribution in [2.24, 2.45) is 17.6 Å². The van der Waals surface area contributed by atoms with Gasteiger partial charge in [-0.3, -0.25) is 4.98 Å². The van der Waals surface area contributed by atoms with Gasteiger partial charge in [0.2, 0.25) is 0 Å². The second-order valence-corrected chi connectivity index (χ2v) is 5.68. The second kappa shape index (κ2) is 5.37. The molecule has 0 aliphatic carbocycles. The standard InChI is InChI=1S/C15H24N2O/c1-9-5-6-13(17-8-9)7-14(16)15-10(2)11(3)18-12(15)4/h5-6,8,10-12,14-15H,7,16H2,1-4H3. The van der Waals surface area contributed by atoms with Crippen molar-refractivity contribution in [3.05, 3.63) is 29.6 Å². The number of hydrogen-bond donors (Lipinski definition) is 1. The van der Waals surface area contributed by atoms with Crippen LogP contribution < -0.4 is 5.73 Å². The van der Waals surface area contributed by atoms with E-state index in [1.807, 2.05) is 13.1 Å². The molecule has 3 nitrogen and oxygen atoms in total. The molecule has 1 aliphatic rings. The highest BCUT2D eigenvalue weighted by Crippen LogP contribution is 2.34. The molecular formula is C15H24N2O. The number of nitrogens with zero attached hydrogens (tertiary/aromatic N) is 1. The zero-order valence-corrected chi connectivity index (χ0v) is 11.8. The first kappa shape index (κ1) is 13.5. The van der Waals surface area contributed by atoms with E-state index in [1.165, 1.54) is 5.56 Å². The van der Waals surface area contributed by atoms with E-state index in [1.54, 1.807) is 0 Å².